The zero-order valence-electron chi connectivity index (χ0n) is 17.1. The summed E-state index contributed by atoms with van der Waals surface area (Å²) in [4.78, 5) is 12.5. The molecule has 0 aliphatic carbocycles. The number of hydrogen-bond donors (Lipinski definition) is 1. The minimum atomic E-state index is -0.475. The van der Waals surface area contributed by atoms with Gasteiger partial charge >= 0.3 is 0 Å². The van der Waals surface area contributed by atoms with Gasteiger partial charge in [-0.25, -0.2) is 4.39 Å². The third-order valence-corrected chi connectivity index (χ3v) is 5.09. The normalized spacial score (nSPS) is 11.0. The van der Waals surface area contributed by atoms with E-state index in [-0.39, 0.29) is 11.4 Å². The Bertz CT molecular complexity index is 1140. The summed E-state index contributed by atoms with van der Waals surface area (Å²) in [5, 5.41) is 12.2. The van der Waals surface area contributed by atoms with E-state index in [1.165, 1.54) is 12.1 Å². The Balaban J connectivity index is 1.76. The molecule has 0 aliphatic rings. The Morgan fingerprint density at radius 2 is 1.71 bits per heavy atom. The third-order valence-electron chi connectivity index (χ3n) is 4.56. The van der Waals surface area contributed by atoms with Crippen molar-refractivity contribution in [3.8, 4) is 11.8 Å². The van der Waals surface area contributed by atoms with Crippen LogP contribution in [-0.2, 0) is 11.4 Å². The van der Waals surface area contributed by atoms with E-state index >= 15 is 0 Å². The molecule has 0 heterocycles. The van der Waals surface area contributed by atoms with E-state index in [0.717, 1.165) is 32.5 Å². The number of nitrogens with one attached hydrogen (secondary N) is 1. The van der Waals surface area contributed by atoms with E-state index in [2.05, 4.69) is 21.2 Å². The highest BCUT2D eigenvalue weighted by Crippen LogP contribution is 2.27. The van der Waals surface area contributed by atoms with Crippen LogP contribution in [0.4, 0.5) is 10.1 Å². The van der Waals surface area contributed by atoms with Gasteiger partial charge in [-0.3, -0.25) is 4.79 Å². The Hall–Kier alpha value is -3.43. The summed E-state index contributed by atoms with van der Waals surface area (Å²) in [5.41, 5.74) is 3.94. The van der Waals surface area contributed by atoms with Gasteiger partial charge in [0.2, 0.25) is 0 Å². The van der Waals surface area contributed by atoms with Gasteiger partial charge in [0.05, 0.1) is 0 Å². The number of carbonyl (C=O) groups excluding carboxylic acids is 1. The van der Waals surface area contributed by atoms with Crippen molar-refractivity contribution in [3.63, 3.8) is 0 Å². The minimum absolute atomic E-state index is 0.00157. The number of amides is 1. The van der Waals surface area contributed by atoms with Crippen molar-refractivity contribution in [1.82, 2.24) is 0 Å². The molecule has 0 aliphatic heterocycles. The molecule has 0 radical (unpaired) electrons. The Morgan fingerprint density at radius 1 is 1.10 bits per heavy atom. The number of nitrogens with zero attached hydrogens (tertiary/aromatic N) is 1. The number of ether oxygens (including phenoxy) is 1. The number of benzene rings is 3. The SMILES string of the molecule is Cc1cc(/C=C(\C#N)C(=O)Nc2ccc(Br)cc2)cc(C)c1OCc1ccc(F)cc1. The molecule has 3 rings (SSSR count). The Kier molecular flexibility index (Phi) is 7.22. The molecule has 0 bridgehead atoms. The summed E-state index contributed by atoms with van der Waals surface area (Å²) < 4.78 is 19.9. The standard InChI is InChI=1S/C25H20BrFN2O2/c1-16-11-19(12-17(2)24(16)31-15-18-3-7-22(27)8-4-18)13-20(14-28)25(30)29-23-9-5-21(26)6-10-23/h3-13H,15H2,1-2H3,(H,29,30)/b20-13+. The second kappa shape index (κ2) is 10.1. The van der Waals surface area contributed by atoms with Crippen molar-refractivity contribution in [3.05, 3.63) is 98.8 Å². The first-order valence-electron chi connectivity index (χ1n) is 9.53. The zero-order valence-corrected chi connectivity index (χ0v) is 18.7. The molecule has 1 N–H and O–H groups in total. The summed E-state index contributed by atoms with van der Waals surface area (Å²) in [5.74, 6) is -0.0409. The second-order valence-electron chi connectivity index (χ2n) is 7.03. The average molecular weight is 479 g/mol. The van der Waals surface area contributed by atoms with Gasteiger partial charge in [0, 0.05) is 10.2 Å². The first kappa shape index (κ1) is 22.3. The molecule has 3 aromatic carbocycles. The van der Waals surface area contributed by atoms with Crippen LogP contribution in [0.25, 0.3) is 6.08 Å². The molecule has 0 unspecified atom stereocenters. The average Bonchev–Trinajstić information content (AvgIpc) is 2.74. The van der Waals surface area contributed by atoms with Crippen LogP contribution in [0.1, 0.15) is 22.3 Å². The molecular weight excluding hydrogens is 459 g/mol. The van der Waals surface area contributed by atoms with Crippen molar-refractivity contribution >= 4 is 33.6 Å². The lowest BCUT2D eigenvalue weighted by Crippen LogP contribution is -2.13. The molecule has 0 spiro atoms. The van der Waals surface area contributed by atoms with Gasteiger partial charge in [0.1, 0.15) is 29.8 Å². The molecule has 1 amide bonds. The van der Waals surface area contributed by atoms with Gasteiger partial charge in [-0.15, -0.1) is 0 Å². The molecule has 0 atom stereocenters. The van der Waals surface area contributed by atoms with Crippen LogP contribution >= 0.6 is 15.9 Å². The van der Waals surface area contributed by atoms with Gasteiger partial charge in [-0.1, -0.05) is 28.1 Å². The molecule has 6 heteroatoms. The van der Waals surface area contributed by atoms with Crippen LogP contribution in [0.5, 0.6) is 5.75 Å². The lowest BCUT2D eigenvalue weighted by Gasteiger charge is -2.13. The fourth-order valence-electron chi connectivity index (χ4n) is 3.08. The molecule has 156 valence electrons. The van der Waals surface area contributed by atoms with E-state index in [4.69, 9.17) is 4.74 Å². The van der Waals surface area contributed by atoms with E-state index in [0.29, 0.717) is 12.3 Å². The number of anilines is 1. The summed E-state index contributed by atoms with van der Waals surface area (Å²) in [6, 6.07) is 19.0. The maximum absolute atomic E-state index is 13.1. The van der Waals surface area contributed by atoms with E-state index in [1.54, 1.807) is 30.3 Å². The predicted molar refractivity (Wildman–Crippen MR) is 123 cm³/mol. The number of hydrogen-bond acceptors (Lipinski definition) is 3. The molecule has 0 saturated carbocycles. The van der Waals surface area contributed by atoms with Crippen molar-refractivity contribution in [2.75, 3.05) is 5.32 Å². The molecule has 0 aromatic heterocycles. The topological polar surface area (TPSA) is 62.1 Å². The van der Waals surface area contributed by atoms with Crippen LogP contribution in [-0.4, -0.2) is 5.91 Å². The number of nitriles is 1. The van der Waals surface area contributed by atoms with Crippen molar-refractivity contribution in [2.24, 2.45) is 0 Å². The van der Waals surface area contributed by atoms with Crippen molar-refractivity contribution in [2.45, 2.75) is 20.5 Å². The van der Waals surface area contributed by atoms with Crippen molar-refractivity contribution < 1.29 is 13.9 Å². The smallest absolute Gasteiger partial charge is 0.266 e. The van der Waals surface area contributed by atoms with Gasteiger partial charge in [-0.05, 0) is 90.7 Å². The van der Waals surface area contributed by atoms with Crippen LogP contribution in [0.2, 0.25) is 0 Å². The van der Waals surface area contributed by atoms with Crippen LogP contribution in [0.3, 0.4) is 0 Å². The molecule has 3 aromatic rings. The quantitative estimate of drug-likeness (QED) is 0.332. The largest absolute Gasteiger partial charge is 0.488 e. The van der Waals surface area contributed by atoms with E-state index < -0.39 is 5.91 Å². The van der Waals surface area contributed by atoms with Crippen molar-refractivity contribution in [1.29, 1.82) is 5.26 Å². The molecule has 0 fully saturated rings. The molecule has 31 heavy (non-hydrogen) atoms. The molecular formula is C25H20BrFN2O2. The highest BCUT2D eigenvalue weighted by atomic mass is 79.9. The number of aryl methyl sites for hydroxylation is 2. The lowest BCUT2D eigenvalue weighted by atomic mass is 10.0. The summed E-state index contributed by atoms with van der Waals surface area (Å²) in [6.07, 6.45) is 1.55. The Morgan fingerprint density at radius 3 is 2.29 bits per heavy atom. The van der Waals surface area contributed by atoms with Crippen LogP contribution < -0.4 is 10.1 Å². The van der Waals surface area contributed by atoms with E-state index in [1.807, 2.05) is 44.2 Å². The monoisotopic (exact) mass is 478 g/mol. The fraction of sp³-hybridized carbons (Fsp3) is 0.120. The summed E-state index contributed by atoms with van der Waals surface area (Å²) >= 11 is 3.34. The third kappa shape index (κ3) is 6.03. The number of halogens is 2. The summed E-state index contributed by atoms with van der Waals surface area (Å²) in [7, 11) is 0. The van der Waals surface area contributed by atoms with Gasteiger partial charge < -0.3 is 10.1 Å². The van der Waals surface area contributed by atoms with Gasteiger partial charge in [0.15, 0.2) is 0 Å². The lowest BCUT2D eigenvalue weighted by molar-refractivity contribution is -0.112. The van der Waals surface area contributed by atoms with Crippen LogP contribution in [0, 0.1) is 31.0 Å². The number of carbonyl (C=O) groups is 1. The molecule has 0 saturated heterocycles. The first-order valence-corrected chi connectivity index (χ1v) is 10.3. The maximum Gasteiger partial charge on any atom is 0.266 e. The van der Waals surface area contributed by atoms with Gasteiger partial charge in [-0.2, -0.15) is 5.26 Å². The highest BCUT2D eigenvalue weighted by Gasteiger charge is 2.12. The predicted octanol–water partition coefficient (Wildman–Crippen LogP) is 6.33. The Labute approximate surface area is 189 Å². The highest BCUT2D eigenvalue weighted by molar-refractivity contribution is 9.10. The summed E-state index contributed by atoms with van der Waals surface area (Å²) in [6.45, 7) is 4.12. The zero-order chi connectivity index (χ0) is 22.4. The van der Waals surface area contributed by atoms with E-state index in [9.17, 15) is 14.4 Å². The minimum Gasteiger partial charge on any atom is -0.488 e. The maximum atomic E-state index is 13.1. The number of rotatable bonds is 6. The second-order valence-corrected chi connectivity index (χ2v) is 7.95. The fourth-order valence-corrected chi connectivity index (χ4v) is 3.34. The molecule has 4 nitrogen and oxygen atoms in total. The van der Waals surface area contributed by atoms with Crippen LogP contribution in [0.15, 0.2) is 70.7 Å². The van der Waals surface area contributed by atoms with Gasteiger partial charge in [0.25, 0.3) is 5.91 Å². The first-order chi connectivity index (χ1) is 14.9.